The highest BCUT2D eigenvalue weighted by molar-refractivity contribution is 5.93. The number of amides is 2. The molecule has 0 unspecified atom stereocenters. The van der Waals surface area contributed by atoms with Gasteiger partial charge in [-0.25, -0.2) is 4.79 Å². The van der Waals surface area contributed by atoms with E-state index in [0.717, 1.165) is 16.5 Å². The average Bonchev–Trinajstić information content (AvgIpc) is 3.36. The van der Waals surface area contributed by atoms with Gasteiger partial charge in [0.15, 0.2) is 11.5 Å². The second-order valence-corrected chi connectivity index (χ2v) is 10.1. The molecule has 1 aromatic heterocycles. The normalized spacial score (nSPS) is 16.3. The number of carboxylic acids is 1. The smallest absolute Gasteiger partial charge is 0.326 e. The molecule has 0 saturated heterocycles. The Labute approximate surface area is 235 Å². The van der Waals surface area contributed by atoms with Crippen LogP contribution in [0, 0.1) is 5.92 Å². The number of rotatable bonds is 11. The van der Waals surface area contributed by atoms with Crippen LogP contribution in [-0.2, 0) is 33.8 Å². The van der Waals surface area contributed by atoms with Crippen molar-refractivity contribution in [1.29, 1.82) is 0 Å². The Kier molecular flexibility index (Phi) is 9.01. The maximum absolute atomic E-state index is 13.8. The van der Waals surface area contributed by atoms with E-state index < -0.39 is 55.0 Å². The third-order valence-corrected chi connectivity index (χ3v) is 7.47. The number of aromatic hydroxyl groups is 2. The molecule has 1 aliphatic heterocycles. The molecule has 1 aliphatic rings. The zero-order valence-electron chi connectivity index (χ0n) is 22.4. The minimum absolute atomic E-state index is 0.137. The first-order chi connectivity index (χ1) is 19.6. The number of aromatic amines is 1. The van der Waals surface area contributed by atoms with Gasteiger partial charge in [0.1, 0.15) is 12.1 Å². The van der Waals surface area contributed by atoms with E-state index in [1.807, 2.05) is 24.3 Å². The maximum atomic E-state index is 13.8. The zero-order chi connectivity index (χ0) is 29.8. The van der Waals surface area contributed by atoms with Gasteiger partial charge in [0, 0.05) is 48.2 Å². The quantitative estimate of drug-likeness (QED) is 0.154. The third kappa shape index (κ3) is 6.06. The molecular formula is C28H34N4O9. The van der Waals surface area contributed by atoms with Gasteiger partial charge in [0.05, 0.1) is 19.7 Å². The fourth-order valence-corrected chi connectivity index (χ4v) is 5.22. The van der Waals surface area contributed by atoms with Gasteiger partial charge in [-0.3, -0.25) is 9.59 Å². The van der Waals surface area contributed by atoms with E-state index in [1.165, 1.54) is 18.1 Å². The summed E-state index contributed by atoms with van der Waals surface area (Å²) in [4.78, 5) is 43.5. The van der Waals surface area contributed by atoms with Crippen LogP contribution in [0.1, 0.15) is 23.1 Å². The molecule has 0 spiro atoms. The van der Waals surface area contributed by atoms with Crippen LogP contribution in [-0.4, -0.2) is 91.6 Å². The highest BCUT2D eigenvalue weighted by Crippen LogP contribution is 2.43. The van der Waals surface area contributed by atoms with Crippen LogP contribution in [0.15, 0.2) is 36.5 Å². The SMILES string of the molecule is COc1c(O)cc2c(c1O)CN(C(=O)[C@@H](N)Cc1c[nH]c3ccccc13)[C@H](C(=O)N[C@@H](CC(CO)CO)C(=O)O)C2. The number of nitrogens with two attached hydrogens (primary N) is 1. The molecule has 0 saturated carbocycles. The van der Waals surface area contributed by atoms with Crippen LogP contribution >= 0.6 is 0 Å². The first-order valence-electron chi connectivity index (χ1n) is 13.1. The molecule has 13 nitrogen and oxygen atoms in total. The molecule has 9 N–H and O–H groups in total. The van der Waals surface area contributed by atoms with E-state index in [2.05, 4.69) is 10.3 Å². The molecule has 0 bridgehead atoms. The number of nitrogens with one attached hydrogen (secondary N) is 2. The molecule has 41 heavy (non-hydrogen) atoms. The Morgan fingerprint density at radius 3 is 2.56 bits per heavy atom. The van der Waals surface area contributed by atoms with Crippen molar-refractivity contribution in [2.24, 2.45) is 11.7 Å². The number of para-hydroxylation sites is 1. The number of carboxylic acid groups (broad SMARTS) is 1. The number of benzene rings is 2. The molecule has 2 amide bonds. The lowest BCUT2D eigenvalue weighted by Crippen LogP contribution is -2.58. The fraction of sp³-hybridized carbons (Fsp3) is 0.393. The lowest BCUT2D eigenvalue weighted by atomic mass is 9.90. The lowest BCUT2D eigenvalue weighted by molar-refractivity contribution is -0.146. The van der Waals surface area contributed by atoms with Crippen molar-refractivity contribution < 1.29 is 44.7 Å². The predicted molar refractivity (Wildman–Crippen MR) is 146 cm³/mol. The molecule has 2 aromatic carbocycles. The number of hydrogen-bond acceptors (Lipinski definition) is 9. The van der Waals surface area contributed by atoms with Crippen molar-refractivity contribution in [3.63, 3.8) is 0 Å². The molecule has 220 valence electrons. The number of phenolic OH excluding ortho intramolecular Hbond substituents is 2. The molecule has 3 aromatic rings. The van der Waals surface area contributed by atoms with Crippen molar-refractivity contribution in [3.8, 4) is 17.2 Å². The Hall–Kier alpha value is -4.33. The number of carbonyl (C=O) groups excluding carboxylic acids is 2. The van der Waals surface area contributed by atoms with Crippen molar-refractivity contribution in [3.05, 3.63) is 53.2 Å². The number of aromatic nitrogens is 1. The Morgan fingerprint density at radius 1 is 1.20 bits per heavy atom. The van der Waals surface area contributed by atoms with Gasteiger partial charge >= 0.3 is 5.97 Å². The van der Waals surface area contributed by atoms with E-state index in [4.69, 9.17) is 10.5 Å². The summed E-state index contributed by atoms with van der Waals surface area (Å²) < 4.78 is 5.09. The Balaban J connectivity index is 1.66. The number of methoxy groups -OCH3 is 1. The van der Waals surface area contributed by atoms with Crippen LogP contribution in [0.3, 0.4) is 0 Å². The van der Waals surface area contributed by atoms with Crippen molar-refractivity contribution >= 4 is 28.7 Å². The monoisotopic (exact) mass is 570 g/mol. The summed E-state index contributed by atoms with van der Waals surface area (Å²) in [5.74, 6) is -4.52. The van der Waals surface area contributed by atoms with Gasteiger partial charge in [-0.1, -0.05) is 18.2 Å². The number of aliphatic carboxylic acids is 1. The second-order valence-electron chi connectivity index (χ2n) is 10.1. The molecule has 3 atom stereocenters. The topological polar surface area (TPSA) is 219 Å². The summed E-state index contributed by atoms with van der Waals surface area (Å²) in [5, 5.41) is 52.9. The van der Waals surface area contributed by atoms with E-state index in [1.54, 1.807) is 6.20 Å². The Morgan fingerprint density at radius 2 is 1.90 bits per heavy atom. The largest absolute Gasteiger partial charge is 0.504 e. The van der Waals surface area contributed by atoms with Crippen LogP contribution in [0.4, 0.5) is 0 Å². The van der Waals surface area contributed by atoms with Gasteiger partial charge in [-0.05, 0) is 36.1 Å². The summed E-state index contributed by atoms with van der Waals surface area (Å²) in [7, 11) is 1.26. The number of phenols is 2. The van der Waals surface area contributed by atoms with Crippen molar-refractivity contribution in [1.82, 2.24) is 15.2 Å². The highest BCUT2D eigenvalue weighted by Gasteiger charge is 2.40. The number of aliphatic hydroxyl groups excluding tert-OH is 2. The van der Waals surface area contributed by atoms with Crippen LogP contribution in [0.2, 0.25) is 0 Å². The molecule has 2 heterocycles. The Bertz CT molecular complexity index is 1440. The molecule has 13 heteroatoms. The van der Waals surface area contributed by atoms with E-state index in [9.17, 15) is 39.9 Å². The van der Waals surface area contributed by atoms with Crippen LogP contribution in [0.25, 0.3) is 10.9 Å². The molecule has 0 fully saturated rings. The number of ether oxygens (including phenoxy) is 1. The van der Waals surface area contributed by atoms with Crippen LogP contribution < -0.4 is 15.8 Å². The third-order valence-electron chi connectivity index (χ3n) is 7.47. The van der Waals surface area contributed by atoms with Gasteiger partial charge < -0.3 is 51.2 Å². The fourth-order valence-electron chi connectivity index (χ4n) is 5.22. The molecule has 4 rings (SSSR count). The highest BCUT2D eigenvalue weighted by atomic mass is 16.5. The first kappa shape index (κ1) is 29.6. The van der Waals surface area contributed by atoms with Crippen molar-refractivity contribution in [2.75, 3.05) is 20.3 Å². The number of carbonyl (C=O) groups is 3. The first-order valence-corrected chi connectivity index (χ1v) is 13.1. The minimum atomic E-state index is -1.46. The predicted octanol–water partition coefficient (Wildman–Crippen LogP) is -0.0287. The summed E-state index contributed by atoms with van der Waals surface area (Å²) in [6.07, 6.45) is 1.48. The average molecular weight is 571 g/mol. The number of fused-ring (bicyclic) bond motifs is 2. The molecule has 0 aliphatic carbocycles. The lowest BCUT2D eigenvalue weighted by Gasteiger charge is -2.38. The number of nitrogens with zero attached hydrogens (tertiary/aromatic N) is 1. The maximum Gasteiger partial charge on any atom is 0.326 e. The van der Waals surface area contributed by atoms with E-state index in [-0.39, 0.29) is 48.6 Å². The zero-order valence-corrected chi connectivity index (χ0v) is 22.4. The summed E-state index contributed by atoms with van der Waals surface area (Å²) >= 11 is 0. The summed E-state index contributed by atoms with van der Waals surface area (Å²) in [5.41, 5.74) is 8.65. The van der Waals surface area contributed by atoms with Gasteiger partial charge in [-0.15, -0.1) is 0 Å². The minimum Gasteiger partial charge on any atom is -0.504 e. The summed E-state index contributed by atoms with van der Waals surface area (Å²) in [6.45, 7) is -1.23. The standard InChI is InChI=1S/C28H34N4O9/c1-41-25-23(35)9-15-8-22(26(37)31-21(28(39)40)6-14(12-33)13-34)32(11-18(15)24(25)36)27(38)19(29)7-16-10-30-20-5-3-2-4-17(16)20/h2-5,9-10,14,19,21-22,30,33-36H,6-8,11-13,29H2,1H3,(H,31,37)(H,39,40)/t19-,21-,22-/m0/s1. The van der Waals surface area contributed by atoms with Gasteiger partial charge in [0.2, 0.25) is 17.6 Å². The second kappa shape index (κ2) is 12.5. The van der Waals surface area contributed by atoms with Crippen molar-refractivity contribution in [2.45, 2.75) is 43.9 Å². The van der Waals surface area contributed by atoms with E-state index in [0.29, 0.717) is 5.56 Å². The van der Waals surface area contributed by atoms with Gasteiger partial charge in [-0.2, -0.15) is 0 Å². The van der Waals surface area contributed by atoms with Gasteiger partial charge in [0.25, 0.3) is 0 Å². The van der Waals surface area contributed by atoms with E-state index >= 15 is 0 Å². The number of H-pyrrole nitrogens is 1. The van der Waals surface area contributed by atoms with Crippen LogP contribution in [0.5, 0.6) is 17.2 Å². The molecular weight excluding hydrogens is 536 g/mol. The number of aliphatic hydroxyl groups is 2. The number of hydrogen-bond donors (Lipinski definition) is 8. The summed E-state index contributed by atoms with van der Waals surface area (Å²) in [6, 6.07) is 5.05. The molecule has 0 radical (unpaired) electrons.